The lowest BCUT2D eigenvalue weighted by Crippen LogP contribution is -2.41. The zero-order chi connectivity index (χ0) is 15.1. The second kappa shape index (κ2) is 15.2. The van der Waals surface area contributed by atoms with E-state index in [0.29, 0.717) is 6.42 Å². The highest BCUT2D eigenvalue weighted by Crippen LogP contribution is 2.03. The van der Waals surface area contributed by atoms with E-state index in [9.17, 15) is 5.11 Å². The third-order valence-corrected chi connectivity index (χ3v) is 2.05. The van der Waals surface area contributed by atoms with Crippen molar-refractivity contribution < 1.29 is 5.11 Å². The van der Waals surface area contributed by atoms with E-state index in [4.69, 9.17) is 11.5 Å². The minimum absolute atomic E-state index is 0.216. The molecule has 112 valence electrons. The fourth-order valence-corrected chi connectivity index (χ4v) is 1.20. The molecule has 0 aliphatic carbocycles. The molecule has 0 saturated heterocycles. The molecule has 0 amide bonds. The molecule has 0 saturated carbocycles. The Balaban J connectivity index is 0. The van der Waals surface area contributed by atoms with Crippen LogP contribution in [0.25, 0.3) is 0 Å². The molecular weight excluding hydrogens is 236 g/mol. The summed E-state index contributed by atoms with van der Waals surface area (Å²) in [7, 11) is 0. The van der Waals surface area contributed by atoms with Crippen LogP contribution in [-0.4, -0.2) is 23.8 Å². The summed E-state index contributed by atoms with van der Waals surface area (Å²) in [6.45, 7) is 8.72. The highest BCUT2D eigenvalue weighted by Gasteiger charge is 2.12. The third kappa shape index (κ3) is 13.3. The van der Waals surface area contributed by atoms with Crippen molar-refractivity contribution in [2.75, 3.05) is 6.54 Å². The first-order valence-electron chi connectivity index (χ1n) is 7.24. The number of hydrogen-bond acceptors (Lipinski definition) is 3. The maximum atomic E-state index is 9.34. The van der Waals surface area contributed by atoms with E-state index < -0.39 is 6.10 Å². The van der Waals surface area contributed by atoms with E-state index >= 15 is 0 Å². The highest BCUT2D eigenvalue weighted by molar-refractivity contribution is 5.16. The molecule has 1 aromatic carbocycles. The third-order valence-electron chi connectivity index (χ3n) is 2.05. The Morgan fingerprint density at radius 3 is 1.79 bits per heavy atom. The van der Waals surface area contributed by atoms with E-state index in [2.05, 4.69) is 27.7 Å². The van der Waals surface area contributed by atoms with Gasteiger partial charge in [0, 0.05) is 12.6 Å². The first-order valence-corrected chi connectivity index (χ1v) is 7.24. The predicted molar refractivity (Wildman–Crippen MR) is 85.1 cm³/mol. The molecule has 0 unspecified atom stereocenters. The standard InChI is InChI=1S/C10H16N2O.2C3H8/c11-7-10(13)9(12)6-8-4-2-1-3-5-8;2*1-3-2/h1-5,9-10,13H,6-7,11-12H2;2*3H2,1-2H3/t9-,10-;;/m0../s1. The van der Waals surface area contributed by atoms with E-state index in [0.717, 1.165) is 5.56 Å². The lowest BCUT2D eigenvalue weighted by molar-refractivity contribution is 0.152. The largest absolute Gasteiger partial charge is 0.390 e. The van der Waals surface area contributed by atoms with Crippen molar-refractivity contribution in [3.05, 3.63) is 35.9 Å². The first-order chi connectivity index (χ1) is 9.06. The zero-order valence-corrected chi connectivity index (χ0v) is 13.0. The molecule has 0 aliphatic heterocycles. The molecule has 0 aromatic heterocycles. The molecule has 0 radical (unpaired) electrons. The van der Waals surface area contributed by atoms with Crippen molar-refractivity contribution in [3.8, 4) is 0 Å². The Hall–Kier alpha value is -0.900. The highest BCUT2D eigenvalue weighted by atomic mass is 16.3. The molecule has 0 heterocycles. The van der Waals surface area contributed by atoms with Crippen molar-refractivity contribution >= 4 is 0 Å². The van der Waals surface area contributed by atoms with Crippen LogP contribution in [0.3, 0.4) is 0 Å². The Bertz CT molecular complexity index is 263. The topological polar surface area (TPSA) is 72.3 Å². The lowest BCUT2D eigenvalue weighted by Gasteiger charge is -2.16. The molecule has 0 aliphatic rings. The van der Waals surface area contributed by atoms with Crippen molar-refractivity contribution in [1.82, 2.24) is 0 Å². The van der Waals surface area contributed by atoms with Gasteiger partial charge in [0.1, 0.15) is 0 Å². The summed E-state index contributed by atoms with van der Waals surface area (Å²) in [6.07, 6.45) is 2.55. The molecule has 1 rings (SSSR count). The van der Waals surface area contributed by atoms with Crippen LogP contribution in [0.5, 0.6) is 0 Å². The molecule has 0 bridgehead atoms. The monoisotopic (exact) mass is 268 g/mol. The number of hydrogen-bond donors (Lipinski definition) is 3. The van der Waals surface area contributed by atoms with Crippen molar-refractivity contribution in [1.29, 1.82) is 0 Å². The Labute approximate surface area is 119 Å². The van der Waals surface area contributed by atoms with Gasteiger partial charge in [0.25, 0.3) is 0 Å². The van der Waals surface area contributed by atoms with Crippen molar-refractivity contribution in [2.24, 2.45) is 11.5 Å². The summed E-state index contributed by atoms with van der Waals surface area (Å²) in [6, 6.07) is 9.57. The quantitative estimate of drug-likeness (QED) is 0.786. The van der Waals surface area contributed by atoms with Gasteiger partial charge in [-0.15, -0.1) is 0 Å². The molecule has 5 N–H and O–H groups in total. The van der Waals surface area contributed by atoms with Gasteiger partial charge in [0.2, 0.25) is 0 Å². The molecule has 3 nitrogen and oxygen atoms in total. The number of aliphatic hydroxyl groups excluding tert-OH is 1. The first kappa shape index (κ1) is 20.4. The van der Waals surface area contributed by atoms with Crippen LogP contribution in [0.15, 0.2) is 30.3 Å². The average Bonchev–Trinajstić information content (AvgIpc) is 2.40. The van der Waals surface area contributed by atoms with Gasteiger partial charge < -0.3 is 16.6 Å². The van der Waals surface area contributed by atoms with E-state index in [1.165, 1.54) is 12.8 Å². The summed E-state index contributed by atoms with van der Waals surface area (Å²) < 4.78 is 0. The Kier molecular flexibility index (Phi) is 16.3. The summed E-state index contributed by atoms with van der Waals surface area (Å²) in [5.41, 5.74) is 12.2. The van der Waals surface area contributed by atoms with Crippen LogP contribution in [0.4, 0.5) is 0 Å². The minimum atomic E-state index is -0.611. The van der Waals surface area contributed by atoms with Gasteiger partial charge in [-0.05, 0) is 12.0 Å². The molecule has 0 spiro atoms. The van der Waals surface area contributed by atoms with Crippen LogP contribution in [-0.2, 0) is 6.42 Å². The van der Waals surface area contributed by atoms with Crippen LogP contribution >= 0.6 is 0 Å². The van der Waals surface area contributed by atoms with Crippen molar-refractivity contribution in [2.45, 2.75) is 59.1 Å². The Morgan fingerprint density at radius 2 is 1.42 bits per heavy atom. The molecule has 0 fully saturated rings. The van der Waals surface area contributed by atoms with Crippen molar-refractivity contribution in [3.63, 3.8) is 0 Å². The van der Waals surface area contributed by atoms with Gasteiger partial charge in [0.15, 0.2) is 0 Å². The minimum Gasteiger partial charge on any atom is -0.390 e. The second-order valence-corrected chi connectivity index (χ2v) is 4.57. The SMILES string of the molecule is CCC.CCC.NC[C@H](O)[C@@H](N)Cc1ccccc1. The molecule has 3 heteroatoms. The number of aliphatic hydroxyl groups is 1. The van der Waals surface area contributed by atoms with Crippen LogP contribution in [0, 0.1) is 0 Å². The molecule has 1 aromatic rings. The number of nitrogens with two attached hydrogens (primary N) is 2. The van der Waals surface area contributed by atoms with Gasteiger partial charge >= 0.3 is 0 Å². The average molecular weight is 268 g/mol. The second-order valence-electron chi connectivity index (χ2n) is 4.57. The smallest absolute Gasteiger partial charge is 0.0816 e. The van der Waals surface area contributed by atoms with Gasteiger partial charge in [-0.25, -0.2) is 0 Å². The zero-order valence-electron chi connectivity index (χ0n) is 13.0. The van der Waals surface area contributed by atoms with Gasteiger partial charge in [-0.3, -0.25) is 0 Å². The van der Waals surface area contributed by atoms with Crippen LogP contribution in [0.2, 0.25) is 0 Å². The summed E-state index contributed by atoms with van der Waals surface area (Å²) in [4.78, 5) is 0. The van der Waals surface area contributed by atoms with Crippen LogP contribution in [0.1, 0.15) is 46.1 Å². The van der Waals surface area contributed by atoms with E-state index in [1.807, 2.05) is 30.3 Å². The molecule has 2 atom stereocenters. The number of rotatable bonds is 4. The molecule has 19 heavy (non-hydrogen) atoms. The van der Waals surface area contributed by atoms with Gasteiger partial charge in [-0.2, -0.15) is 0 Å². The van der Waals surface area contributed by atoms with Gasteiger partial charge in [0.05, 0.1) is 6.10 Å². The van der Waals surface area contributed by atoms with Gasteiger partial charge in [-0.1, -0.05) is 70.9 Å². The molecular formula is C16H32N2O. The number of benzene rings is 1. The lowest BCUT2D eigenvalue weighted by atomic mass is 10.0. The fourth-order valence-electron chi connectivity index (χ4n) is 1.20. The summed E-state index contributed by atoms with van der Waals surface area (Å²) >= 11 is 0. The summed E-state index contributed by atoms with van der Waals surface area (Å²) in [5, 5.41) is 9.34. The maximum absolute atomic E-state index is 9.34. The summed E-state index contributed by atoms with van der Waals surface area (Å²) in [5.74, 6) is 0. The predicted octanol–water partition coefficient (Wildman–Crippen LogP) is 2.71. The van der Waals surface area contributed by atoms with Crippen LogP contribution < -0.4 is 11.5 Å². The normalized spacial score (nSPS) is 12.4. The fraction of sp³-hybridized carbons (Fsp3) is 0.625. The van der Waals surface area contributed by atoms with E-state index in [1.54, 1.807) is 0 Å². The maximum Gasteiger partial charge on any atom is 0.0816 e. The Morgan fingerprint density at radius 1 is 1.00 bits per heavy atom. The van der Waals surface area contributed by atoms with E-state index in [-0.39, 0.29) is 12.6 Å².